The normalized spacial score (nSPS) is 22.7. The maximum Gasteiger partial charge on any atom is 0.308 e. The standard InChI is InChI=1S/C14H16N4O3/c1-9-10(14(20)21)6-7-17(9)8-18-13(19)11-4-2-3-5-12(11)15-16-18/h2-5,9-10H,6-8H2,1H3,(H,20,21). The van der Waals surface area contributed by atoms with E-state index >= 15 is 0 Å². The zero-order valence-electron chi connectivity index (χ0n) is 11.6. The second-order valence-corrected chi connectivity index (χ2v) is 5.34. The van der Waals surface area contributed by atoms with Crippen LogP contribution in [0.5, 0.6) is 0 Å². The molecule has 7 nitrogen and oxygen atoms in total. The highest BCUT2D eigenvalue weighted by atomic mass is 16.4. The molecule has 1 saturated heterocycles. The van der Waals surface area contributed by atoms with Gasteiger partial charge in [-0.05, 0) is 25.5 Å². The molecule has 2 aromatic rings. The van der Waals surface area contributed by atoms with Gasteiger partial charge >= 0.3 is 5.97 Å². The zero-order chi connectivity index (χ0) is 15.0. The molecule has 1 aromatic heterocycles. The van der Waals surface area contributed by atoms with E-state index in [-0.39, 0.29) is 18.3 Å². The number of fused-ring (bicyclic) bond motifs is 1. The van der Waals surface area contributed by atoms with Crippen molar-refractivity contribution in [2.75, 3.05) is 6.54 Å². The Kier molecular flexibility index (Phi) is 3.42. The molecule has 0 bridgehead atoms. The van der Waals surface area contributed by atoms with E-state index in [1.54, 1.807) is 24.3 Å². The fraction of sp³-hybridized carbons (Fsp3) is 0.429. The smallest absolute Gasteiger partial charge is 0.308 e. The van der Waals surface area contributed by atoms with Gasteiger partial charge in [0.1, 0.15) is 5.52 Å². The van der Waals surface area contributed by atoms with E-state index in [1.807, 2.05) is 11.8 Å². The van der Waals surface area contributed by atoms with Gasteiger partial charge in [-0.2, -0.15) is 4.68 Å². The van der Waals surface area contributed by atoms with Crippen LogP contribution in [0.15, 0.2) is 29.1 Å². The number of benzene rings is 1. The van der Waals surface area contributed by atoms with Gasteiger partial charge < -0.3 is 5.11 Å². The molecule has 1 aromatic carbocycles. The summed E-state index contributed by atoms with van der Waals surface area (Å²) in [6.07, 6.45) is 0.590. The molecule has 2 atom stereocenters. The van der Waals surface area contributed by atoms with Crippen LogP contribution in [0.4, 0.5) is 0 Å². The molecule has 2 heterocycles. The average molecular weight is 288 g/mol. The summed E-state index contributed by atoms with van der Waals surface area (Å²) in [5.74, 6) is -1.18. The van der Waals surface area contributed by atoms with Gasteiger partial charge in [-0.15, -0.1) is 5.10 Å². The van der Waals surface area contributed by atoms with E-state index in [4.69, 9.17) is 5.11 Å². The van der Waals surface area contributed by atoms with Crippen LogP contribution >= 0.6 is 0 Å². The third-order valence-corrected chi connectivity index (χ3v) is 4.15. The van der Waals surface area contributed by atoms with E-state index in [2.05, 4.69) is 10.3 Å². The Labute approximate surface area is 120 Å². The second kappa shape index (κ2) is 5.25. The first kappa shape index (κ1) is 13.7. The average Bonchev–Trinajstić information content (AvgIpc) is 2.84. The number of hydrogen-bond donors (Lipinski definition) is 1. The van der Waals surface area contributed by atoms with E-state index in [9.17, 15) is 9.59 Å². The predicted molar refractivity (Wildman–Crippen MR) is 75.7 cm³/mol. The molecular formula is C14H16N4O3. The van der Waals surface area contributed by atoms with Crippen LogP contribution in [0.3, 0.4) is 0 Å². The van der Waals surface area contributed by atoms with E-state index in [0.717, 1.165) is 0 Å². The number of carboxylic acids is 1. The van der Waals surface area contributed by atoms with Gasteiger partial charge in [0.2, 0.25) is 0 Å². The molecule has 110 valence electrons. The summed E-state index contributed by atoms with van der Waals surface area (Å²) in [6.45, 7) is 2.77. The highest BCUT2D eigenvalue weighted by Gasteiger charge is 2.35. The molecule has 3 rings (SSSR count). The van der Waals surface area contributed by atoms with Gasteiger partial charge in [0.25, 0.3) is 5.56 Å². The van der Waals surface area contributed by atoms with Gasteiger partial charge in [0, 0.05) is 12.6 Å². The summed E-state index contributed by atoms with van der Waals surface area (Å²) in [7, 11) is 0. The molecule has 1 aliphatic rings. The molecule has 0 amide bonds. The molecule has 0 radical (unpaired) electrons. The minimum Gasteiger partial charge on any atom is -0.481 e. The van der Waals surface area contributed by atoms with Crippen LogP contribution in [0, 0.1) is 5.92 Å². The fourth-order valence-electron chi connectivity index (χ4n) is 2.82. The van der Waals surface area contributed by atoms with Crippen LogP contribution in [0.25, 0.3) is 10.9 Å². The molecule has 7 heteroatoms. The first-order chi connectivity index (χ1) is 10.1. The minimum atomic E-state index is -0.790. The Morgan fingerprint density at radius 2 is 2.19 bits per heavy atom. The lowest BCUT2D eigenvalue weighted by molar-refractivity contribution is -0.142. The monoisotopic (exact) mass is 288 g/mol. The molecule has 0 saturated carbocycles. The first-order valence-corrected chi connectivity index (χ1v) is 6.87. The van der Waals surface area contributed by atoms with Crippen molar-refractivity contribution >= 4 is 16.9 Å². The van der Waals surface area contributed by atoms with Crippen LogP contribution < -0.4 is 5.56 Å². The van der Waals surface area contributed by atoms with E-state index in [1.165, 1.54) is 4.68 Å². The Hall–Kier alpha value is -2.28. The van der Waals surface area contributed by atoms with Crippen molar-refractivity contribution in [1.82, 2.24) is 19.9 Å². The van der Waals surface area contributed by atoms with Crippen molar-refractivity contribution in [3.63, 3.8) is 0 Å². The molecule has 21 heavy (non-hydrogen) atoms. The first-order valence-electron chi connectivity index (χ1n) is 6.87. The number of rotatable bonds is 3. The highest BCUT2D eigenvalue weighted by molar-refractivity contribution is 5.76. The van der Waals surface area contributed by atoms with Crippen molar-refractivity contribution in [1.29, 1.82) is 0 Å². The summed E-state index contributed by atoms with van der Waals surface area (Å²) in [6, 6.07) is 6.93. The topological polar surface area (TPSA) is 88.3 Å². The maximum atomic E-state index is 12.4. The fourth-order valence-corrected chi connectivity index (χ4v) is 2.82. The summed E-state index contributed by atoms with van der Waals surface area (Å²) in [5, 5.41) is 17.6. The Balaban J connectivity index is 1.88. The molecule has 1 N–H and O–H groups in total. The number of aromatic nitrogens is 3. The summed E-state index contributed by atoms with van der Waals surface area (Å²) < 4.78 is 1.29. The Morgan fingerprint density at radius 3 is 2.90 bits per heavy atom. The van der Waals surface area contributed by atoms with Crippen molar-refractivity contribution in [2.45, 2.75) is 26.1 Å². The summed E-state index contributed by atoms with van der Waals surface area (Å²) >= 11 is 0. The van der Waals surface area contributed by atoms with Crippen LogP contribution in [0.1, 0.15) is 13.3 Å². The van der Waals surface area contributed by atoms with Gasteiger partial charge in [-0.25, -0.2) is 0 Å². The number of likely N-dealkylation sites (tertiary alicyclic amines) is 1. The minimum absolute atomic E-state index is 0.123. The SMILES string of the molecule is CC1C(C(=O)O)CCN1Cn1nnc2ccccc2c1=O. The van der Waals surface area contributed by atoms with Gasteiger partial charge in [0.15, 0.2) is 0 Å². The van der Waals surface area contributed by atoms with Gasteiger partial charge in [-0.3, -0.25) is 14.5 Å². The second-order valence-electron chi connectivity index (χ2n) is 5.34. The largest absolute Gasteiger partial charge is 0.481 e. The van der Waals surface area contributed by atoms with Gasteiger partial charge in [0.05, 0.1) is 18.0 Å². The number of hydrogen-bond acceptors (Lipinski definition) is 5. The van der Waals surface area contributed by atoms with Crippen molar-refractivity contribution in [3.8, 4) is 0 Å². The Bertz CT molecular complexity index is 742. The van der Waals surface area contributed by atoms with Crippen molar-refractivity contribution < 1.29 is 9.90 Å². The summed E-state index contributed by atoms with van der Waals surface area (Å²) in [5.41, 5.74) is 0.364. The zero-order valence-corrected chi connectivity index (χ0v) is 11.6. The number of carbonyl (C=O) groups is 1. The van der Waals surface area contributed by atoms with E-state index < -0.39 is 11.9 Å². The lowest BCUT2D eigenvalue weighted by atomic mass is 10.0. The molecule has 1 fully saturated rings. The van der Waals surface area contributed by atoms with Crippen LogP contribution in [0.2, 0.25) is 0 Å². The third kappa shape index (κ3) is 2.40. The van der Waals surface area contributed by atoms with E-state index in [0.29, 0.717) is 23.9 Å². The molecule has 2 unspecified atom stereocenters. The number of aliphatic carboxylic acids is 1. The maximum absolute atomic E-state index is 12.4. The van der Waals surface area contributed by atoms with Crippen LogP contribution in [-0.4, -0.2) is 43.6 Å². The third-order valence-electron chi connectivity index (χ3n) is 4.15. The highest BCUT2D eigenvalue weighted by Crippen LogP contribution is 2.24. The lowest BCUT2D eigenvalue weighted by Gasteiger charge is -2.22. The predicted octanol–water partition coefficient (Wildman–Crippen LogP) is 0.544. The molecule has 0 aliphatic carbocycles. The van der Waals surface area contributed by atoms with Crippen LogP contribution in [-0.2, 0) is 11.5 Å². The lowest BCUT2D eigenvalue weighted by Crippen LogP contribution is -2.38. The van der Waals surface area contributed by atoms with Gasteiger partial charge in [-0.1, -0.05) is 17.3 Å². The Morgan fingerprint density at radius 1 is 1.43 bits per heavy atom. The van der Waals surface area contributed by atoms with Crippen molar-refractivity contribution in [2.24, 2.45) is 5.92 Å². The number of nitrogens with zero attached hydrogens (tertiary/aromatic N) is 4. The molecule has 1 aliphatic heterocycles. The van der Waals surface area contributed by atoms with Crippen molar-refractivity contribution in [3.05, 3.63) is 34.6 Å². The number of carboxylic acid groups (broad SMARTS) is 1. The summed E-state index contributed by atoms with van der Waals surface area (Å²) in [4.78, 5) is 25.4. The molecular weight excluding hydrogens is 272 g/mol. The molecule has 0 spiro atoms. The quantitative estimate of drug-likeness (QED) is 0.887.